The predicted octanol–water partition coefficient (Wildman–Crippen LogP) is 4.48. The fraction of sp³-hybridized carbons (Fsp3) is 0.105. The highest BCUT2D eigenvalue weighted by molar-refractivity contribution is 6.04. The normalized spacial score (nSPS) is 10.6. The van der Waals surface area contributed by atoms with Crippen LogP contribution in [0.15, 0.2) is 54.6 Å². The van der Waals surface area contributed by atoms with Crippen molar-refractivity contribution in [2.45, 2.75) is 13.8 Å². The van der Waals surface area contributed by atoms with Crippen LogP contribution in [0.25, 0.3) is 21.9 Å². The summed E-state index contributed by atoms with van der Waals surface area (Å²) in [5.74, 6) is 0.0701. The van der Waals surface area contributed by atoms with E-state index in [2.05, 4.69) is 5.32 Å². The molecule has 0 aliphatic carbocycles. The molecule has 3 aromatic carbocycles. The van der Waals surface area contributed by atoms with Gasteiger partial charge in [-0.3, -0.25) is 4.79 Å². The minimum Gasteiger partial charge on any atom is -0.507 e. The molecular weight excluding hydrogens is 274 g/mol. The summed E-state index contributed by atoms with van der Waals surface area (Å²) in [6.45, 7) is 3.47. The smallest absolute Gasteiger partial charge is 0.221 e. The van der Waals surface area contributed by atoms with E-state index in [0.717, 1.165) is 27.5 Å². The van der Waals surface area contributed by atoms with Gasteiger partial charge in [0, 0.05) is 23.7 Å². The summed E-state index contributed by atoms with van der Waals surface area (Å²) >= 11 is 0. The van der Waals surface area contributed by atoms with E-state index >= 15 is 0 Å². The Morgan fingerprint density at radius 2 is 1.82 bits per heavy atom. The van der Waals surface area contributed by atoms with Crippen LogP contribution in [0.3, 0.4) is 0 Å². The highest BCUT2D eigenvalue weighted by atomic mass is 16.3. The maximum Gasteiger partial charge on any atom is 0.221 e. The molecule has 0 spiro atoms. The van der Waals surface area contributed by atoms with E-state index in [-0.39, 0.29) is 11.7 Å². The number of aryl methyl sites for hydroxylation is 1. The Morgan fingerprint density at radius 1 is 1.05 bits per heavy atom. The van der Waals surface area contributed by atoms with Crippen molar-refractivity contribution in [2.24, 2.45) is 0 Å². The molecule has 3 aromatic rings. The van der Waals surface area contributed by atoms with Gasteiger partial charge in [-0.25, -0.2) is 0 Å². The zero-order chi connectivity index (χ0) is 15.7. The second-order valence-corrected chi connectivity index (χ2v) is 5.41. The molecule has 0 saturated heterocycles. The highest BCUT2D eigenvalue weighted by Gasteiger charge is 2.14. The summed E-state index contributed by atoms with van der Waals surface area (Å²) in [6.07, 6.45) is 0. The summed E-state index contributed by atoms with van der Waals surface area (Å²) in [5.41, 5.74) is 3.33. The van der Waals surface area contributed by atoms with Gasteiger partial charge in [-0.1, -0.05) is 42.0 Å². The molecule has 3 nitrogen and oxygen atoms in total. The van der Waals surface area contributed by atoms with E-state index in [4.69, 9.17) is 0 Å². The van der Waals surface area contributed by atoms with Gasteiger partial charge < -0.3 is 10.4 Å². The van der Waals surface area contributed by atoms with E-state index in [9.17, 15) is 9.90 Å². The molecular formula is C19H17NO2. The number of hydrogen-bond donors (Lipinski definition) is 2. The van der Waals surface area contributed by atoms with E-state index < -0.39 is 0 Å². The molecule has 22 heavy (non-hydrogen) atoms. The van der Waals surface area contributed by atoms with Crippen LogP contribution in [0.4, 0.5) is 5.69 Å². The van der Waals surface area contributed by atoms with Crippen LogP contribution >= 0.6 is 0 Å². The third kappa shape index (κ3) is 2.53. The number of carbonyl (C=O) groups excluding carboxylic acids is 1. The first-order valence-electron chi connectivity index (χ1n) is 7.15. The van der Waals surface area contributed by atoms with Crippen LogP contribution < -0.4 is 5.32 Å². The van der Waals surface area contributed by atoms with E-state index in [1.165, 1.54) is 6.92 Å². The highest BCUT2D eigenvalue weighted by Crippen LogP contribution is 2.40. The molecule has 0 unspecified atom stereocenters. The average Bonchev–Trinajstić information content (AvgIpc) is 2.49. The van der Waals surface area contributed by atoms with Crippen LogP contribution in [-0.2, 0) is 4.79 Å². The summed E-state index contributed by atoms with van der Waals surface area (Å²) < 4.78 is 0. The van der Waals surface area contributed by atoms with Gasteiger partial charge >= 0.3 is 0 Å². The predicted molar refractivity (Wildman–Crippen MR) is 90.1 cm³/mol. The van der Waals surface area contributed by atoms with Crippen molar-refractivity contribution in [1.29, 1.82) is 0 Å². The van der Waals surface area contributed by atoms with Gasteiger partial charge in [0.25, 0.3) is 0 Å². The SMILES string of the molecule is CC(=O)Nc1ccc(C)cc1-c1c(O)ccc2ccccc12. The number of benzene rings is 3. The first-order chi connectivity index (χ1) is 10.6. The second-order valence-electron chi connectivity index (χ2n) is 5.41. The summed E-state index contributed by atoms with van der Waals surface area (Å²) in [7, 11) is 0. The fourth-order valence-electron chi connectivity index (χ4n) is 2.71. The topological polar surface area (TPSA) is 49.3 Å². The fourth-order valence-corrected chi connectivity index (χ4v) is 2.71. The van der Waals surface area contributed by atoms with Crippen molar-refractivity contribution in [3.63, 3.8) is 0 Å². The van der Waals surface area contributed by atoms with Gasteiger partial charge in [-0.2, -0.15) is 0 Å². The monoisotopic (exact) mass is 291 g/mol. The maximum atomic E-state index is 11.5. The third-order valence-corrected chi connectivity index (χ3v) is 3.66. The lowest BCUT2D eigenvalue weighted by atomic mass is 9.94. The van der Waals surface area contributed by atoms with Crippen LogP contribution in [-0.4, -0.2) is 11.0 Å². The quantitative estimate of drug-likeness (QED) is 0.731. The van der Waals surface area contributed by atoms with Gasteiger partial charge in [-0.15, -0.1) is 0 Å². The Bertz CT molecular complexity index is 868. The van der Waals surface area contributed by atoms with E-state index in [1.54, 1.807) is 6.07 Å². The van der Waals surface area contributed by atoms with Crippen LogP contribution in [0.2, 0.25) is 0 Å². The first kappa shape index (κ1) is 14.1. The maximum absolute atomic E-state index is 11.5. The van der Waals surface area contributed by atoms with Crippen molar-refractivity contribution in [3.8, 4) is 16.9 Å². The van der Waals surface area contributed by atoms with Crippen molar-refractivity contribution >= 4 is 22.4 Å². The molecule has 0 aromatic heterocycles. The molecule has 0 aliphatic rings. The Hall–Kier alpha value is -2.81. The van der Waals surface area contributed by atoms with E-state index in [1.807, 2.05) is 55.5 Å². The molecule has 0 atom stereocenters. The third-order valence-electron chi connectivity index (χ3n) is 3.66. The van der Waals surface area contributed by atoms with Gasteiger partial charge in [0.2, 0.25) is 5.91 Å². The molecule has 3 rings (SSSR count). The molecule has 0 heterocycles. The summed E-state index contributed by atoms with van der Waals surface area (Å²) in [6, 6.07) is 17.3. The number of fused-ring (bicyclic) bond motifs is 1. The second kappa shape index (κ2) is 5.53. The van der Waals surface area contributed by atoms with Crippen LogP contribution in [0, 0.1) is 6.92 Å². The van der Waals surface area contributed by atoms with Crippen molar-refractivity contribution in [3.05, 3.63) is 60.2 Å². The molecule has 0 fully saturated rings. The largest absolute Gasteiger partial charge is 0.507 e. The van der Waals surface area contributed by atoms with Crippen molar-refractivity contribution in [2.75, 3.05) is 5.32 Å². The lowest BCUT2D eigenvalue weighted by Gasteiger charge is -2.15. The molecule has 2 N–H and O–H groups in total. The molecule has 0 radical (unpaired) electrons. The van der Waals surface area contributed by atoms with Crippen LogP contribution in [0.5, 0.6) is 5.75 Å². The molecule has 0 aliphatic heterocycles. The minimum atomic E-state index is -0.134. The lowest BCUT2D eigenvalue weighted by molar-refractivity contribution is -0.114. The number of phenols is 1. The standard InChI is InChI=1S/C19H17NO2/c1-12-7-9-17(20-13(2)21)16(11-12)19-15-6-4-3-5-14(15)8-10-18(19)22/h3-11,22H,1-2H3,(H,20,21). The Balaban J connectivity index is 2.34. The number of rotatable bonds is 2. The summed E-state index contributed by atoms with van der Waals surface area (Å²) in [5, 5.41) is 15.2. The molecule has 0 bridgehead atoms. The number of aromatic hydroxyl groups is 1. The number of hydrogen-bond acceptors (Lipinski definition) is 2. The number of nitrogens with one attached hydrogen (secondary N) is 1. The van der Waals surface area contributed by atoms with Crippen molar-refractivity contribution in [1.82, 2.24) is 0 Å². The van der Waals surface area contributed by atoms with Gasteiger partial charge in [0.15, 0.2) is 0 Å². The Kier molecular flexibility index (Phi) is 3.55. The Labute approximate surface area is 129 Å². The van der Waals surface area contributed by atoms with E-state index in [0.29, 0.717) is 5.69 Å². The summed E-state index contributed by atoms with van der Waals surface area (Å²) in [4.78, 5) is 11.5. The zero-order valence-electron chi connectivity index (χ0n) is 12.6. The minimum absolute atomic E-state index is 0.134. The number of phenolic OH excluding ortho intramolecular Hbond substituents is 1. The van der Waals surface area contributed by atoms with Gasteiger partial charge in [0.1, 0.15) is 5.75 Å². The lowest BCUT2D eigenvalue weighted by Crippen LogP contribution is -2.07. The van der Waals surface area contributed by atoms with Gasteiger partial charge in [0.05, 0.1) is 0 Å². The van der Waals surface area contributed by atoms with Crippen molar-refractivity contribution < 1.29 is 9.90 Å². The molecule has 110 valence electrons. The average molecular weight is 291 g/mol. The number of amides is 1. The zero-order valence-corrected chi connectivity index (χ0v) is 12.6. The van der Waals surface area contributed by atoms with Gasteiger partial charge in [-0.05, 0) is 35.9 Å². The Morgan fingerprint density at radius 3 is 2.59 bits per heavy atom. The molecule has 0 saturated carbocycles. The number of carbonyl (C=O) groups is 1. The van der Waals surface area contributed by atoms with Crippen LogP contribution in [0.1, 0.15) is 12.5 Å². The first-order valence-corrected chi connectivity index (χ1v) is 7.15. The molecule has 1 amide bonds. The molecule has 3 heteroatoms. The number of anilines is 1.